The van der Waals surface area contributed by atoms with Gasteiger partial charge in [0.1, 0.15) is 23.9 Å². The molecule has 0 aromatic carbocycles. The maximum atomic E-state index is 12.4. The van der Waals surface area contributed by atoms with Crippen LogP contribution in [-0.2, 0) is 9.53 Å². The first kappa shape index (κ1) is 28.0. The zero-order chi connectivity index (χ0) is 24.8. The van der Waals surface area contributed by atoms with Gasteiger partial charge in [0.25, 0.3) is 0 Å². The van der Waals surface area contributed by atoms with Gasteiger partial charge >= 0.3 is 5.69 Å². The van der Waals surface area contributed by atoms with Gasteiger partial charge in [-0.3, -0.25) is 9.36 Å². The summed E-state index contributed by atoms with van der Waals surface area (Å²) in [7, 11) is 0. The van der Waals surface area contributed by atoms with Gasteiger partial charge in [0, 0.05) is 12.6 Å². The van der Waals surface area contributed by atoms with Gasteiger partial charge in [0.05, 0.1) is 12.7 Å². The summed E-state index contributed by atoms with van der Waals surface area (Å²) in [6.07, 6.45) is 13.2. The second-order valence-electron chi connectivity index (χ2n) is 9.08. The van der Waals surface area contributed by atoms with E-state index in [-0.39, 0.29) is 11.7 Å². The fraction of sp³-hybridized carbons (Fsp3) is 0.760. The first-order valence-corrected chi connectivity index (χ1v) is 12.7. The summed E-state index contributed by atoms with van der Waals surface area (Å²) in [6.45, 7) is 1.77. The molecule has 1 amide bonds. The Bertz CT molecular complexity index is 837. The Morgan fingerprint density at radius 2 is 1.71 bits per heavy atom. The number of carbonyl (C=O) groups excluding carboxylic acids is 1. The summed E-state index contributed by atoms with van der Waals surface area (Å²) >= 11 is 0. The molecule has 0 spiro atoms. The van der Waals surface area contributed by atoms with Crippen molar-refractivity contribution in [3.05, 3.63) is 22.7 Å². The van der Waals surface area contributed by atoms with Crippen LogP contribution in [0.5, 0.6) is 0 Å². The molecule has 0 saturated carbocycles. The summed E-state index contributed by atoms with van der Waals surface area (Å²) < 4.78 is 6.54. The molecule has 1 aromatic heterocycles. The van der Waals surface area contributed by atoms with Crippen LogP contribution in [0.15, 0.2) is 17.1 Å². The van der Waals surface area contributed by atoms with Crippen LogP contribution in [0.25, 0.3) is 0 Å². The number of aliphatic hydroxyl groups excluding tert-OH is 2. The first-order chi connectivity index (χ1) is 16.5. The highest BCUT2D eigenvalue weighted by atomic mass is 16.5. The zero-order valence-corrected chi connectivity index (χ0v) is 20.3. The molecule has 2 heterocycles. The SMILES string of the molecule is CCCCCCCCCCCCCCC(=O)Nc1ccn([C@@H]2O[C@H](CO)[C@@H](O)C2C#N)c(=O)n1. The molecule has 34 heavy (non-hydrogen) atoms. The van der Waals surface area contributed by atoms with Crippen LogP contribution in [0.2, 0.25) is 0 Å². The van der Waals surface area contributed by atoms with Crippen molar-refractivity contribution in [1.29, 1.82) is 5.26 Å². The predicted octanol–water partition coefficient (Wildman–Crippen LogP) is 3.66. The number of unbranched alkanes of at least 4 members (excludes halogenated alkanes) is 11. The van der Waals surface area contributed by atoms with Gasteiger partial charge < -0.3 is 20.3 Å². The van der Waals surface area contributed by atoms with Crippen LogP contribution >= 0.6 is 0 Å². The summed E-state index contributed by atoms with van der Waals surface area (Å²) in [5.74, 6) is -1.07. The molecule has 0 aliphatic carbocycles. The highest BCUT2D eigenvalue weighted by Crippen LogP contribution is 2.33. The van der Waals surface area contributed by atoms with Gasteiger partial charge in [-0.2, -0.15) is 10.2 Å². The van der Waals surface area contributed by atoms with Crippen LogP contribution in [0.1, 0.15) is 96.6 Å². The summed E-state index contributed by atoms with van der Waals surface area (Å²) in [4.78, 5) is 28.4. The van der Waals surface area contributed by atoms with Crippen molar-refractivity contribution >= 4 is 11.7 Å². The molecule has 0 bridgehead atoms. The van der Waals surface area contributed by atoms with Gasteiger partial charge in [0.2, 0.25) is 5.91 Å². The average Bonchev–Trinajstić information content (AvgIpc) is 3.14. The number of nitrogens with one attached hydrogen (secondary N) is 1. The van der Waals surface area contributed by atoms with Gasteiger partial charge in [-0.15, -0.1) is 0 Å². The van der Waals surface area contributed by atoms with E-state index >= 15 is 0 Å². The van der Waals surface area contributed by atoms with E-state index in [1.54, 1.807) is 0 Å². The van der Waals surface area contributed by atoms with Crippen molar-refractivity contribution in [2.24, 2.45) is 5.92 Å². The van der Waals surface area contributed by atoms with E-state index in [0.29, 0.717) is 6.42 Å². The van der Waals surface area contributed by atoms with Crippen LogP contribution in [0.4, 0.5) is 5.82 Å². The molecule has 0 radical (unpaired) electrons. The monoisotopic (exact) mass is 476 g/mol. The Kier molecular flexibility index (Phi) is 12.8. The van der Waals surface area contributed by atoms with Crippen molar-refractivity contribution < 1.29 is 19.7 Å². The molecule has 3 N–H and O–H groups in total. The van der Waals surface area contributed by atoms with Crippen molar-refractivity contribution in [2.75, 3.05) is 11.9 Å². The molecule has 1 unspecified atom stereocenters. The standard InChI is InChI=1S/C25H40N4O5/c1-2-3-4-5-6-7-8-9-10-11-12-13-14-22(31)27-21-15-16-29(25(33)28-21)24-19(17-26)23(32)20(18-30)34-24/h15-16,19-20,23-24,30,32H,2-14,18H2,1H3,(H,27,28,31,33)/t19?,20-,23+,24-/m1/s1. The molecule has 1 saturated heterocycles. The Hall–Kier alpha value is -2.28. The highest BCUT2D eigenvalue weighted by molar-refractivity contribution is 5.89. The van der Waals surface area contributed by atoms with E-state index in [1.165, 1.54) is 70.1 Å². The fourth-order valence-electron chi connectivity index (χ4n) is 4.28. The number of ether oxygens (including phenoxy) is 1. The number of carbonyl (C=O) groups is 1. The molecule has 4 atom stereocenters. The van der Waals surface area contributed by atoms with Crippen molar-refractivity contribution in [1.82, 2.24) is 9.55 Å². The number of hydrogen-bond acceptors (Lipinski definition) is 7. The third-order valence-corrected chi connectivity index (χ3v) is 6.33. The minimum absolute atomic E-state index is 0.135. The minimum Gasteiger partial charge on any atom is -0.394 e. The van der Waals surface area contributed by atoms with Crippen molar-refractivity contribution in [3.8, 4) is 6.07 Å². The maximum Gasteiger partial charge on any atom is 0.351 e. The predicted molar refractivity (Wildman–Crippen MR) is 129 cm³/mol. The topological polar surface area (TPSA) is 137 Å². The van der Waals surface area contributed by atoms with Crippen LogP contribution < -0.4 is 11.0 Å². The molecule has 1 aromatic rings. The van der Waals surface area contributed by atoms with E-state index in [0.717, 1.165) is 23.8 Å². The molecular formula is C25H40N4O5. The smallest absolute Gasteiger partial charge is 0.351 e. The number of nitriles is 1. The molecule has 1 aliphatic heterocycles. The Morgan fingerprint density at radius 3 is 2.24 bits per heavy atom. The maximum absolute atomic E-state index is 12.4. The largest absolute Gasteiger partial charge is 0.394 e. The van der Waals surface area contributed by atoms with Crippen LogP contribution in [0, 0.1) is 17.2 Å². The Morgan fingerprint density at radius 1 is 1.12 bits per heavy atom. The summed E-state index contributed by atoms with van der Waals surface area (Å²) in [5, 5.41) is 31.3. The quantitative estimate of drug-likeness (QED) is 0.310. The van der Waals surface area contributed by atoms with E-state index in [4.69, 9.17) is 4.74 Å². The minimum atomic E-state index is -1.21. The fourth-order valence-corrected chi connectivity index (χ4v) is 4.28. The third-order valence-electron chi connectivity index (χ3n) is 6.33. The second-order valence-corrected chi connectivity index (χ2v) is 9.08. The van der Waals surface area contributed by atoms with E-state index in [2.05, 4.69) is 17.2 Å². The lowest BCUT2D eigenvalue weighted by atomic mass is 10.0. The lowest BCUT2D eigenvalue weighted by Gasteiger charge is -2.16. The van der Waals surface area contributed by atoms with Gasteiger partial charge in [0.15, 0.2) is 6.23 Å². The van der Waals surface area contributed by atoms with Crippen molar-refractivity contribution in [3.63, 3.8) is 0 Å². The Balaban J connectivity index is 1.65. The highest BCUT2D eigenvalue weighted by Gasteiger charge is 2.45. The molecule has 9 nitrogen and oxygen atoms in total. The zero-order valence-electron chi connectivity index (χ0n) is 20.3. The molecule has 1 aliphatic rings. The number of nitrogens with zero attached hydrogens (tertiary/aromatic N) is 3. The van der Waals surface area contributed by atoms with Crippen LogP contribution in [-0.4, -0.2) is 44.5 Å². The number of amides is 1. The van der Waals surface area contributed by atoms with E-state index in [9.17, 15) is 25.1 Å². The van der Waals surface area contributed by atoms with Crippen LogP contribution in [0.3, 0.4) is 0 Å². The van der Waals surface area contributed by atoms with Crippen molar-refractivity contribution in [2.45, 2.75) is 109 Å². The summed E-state index contributed by atoms with van der Waals surface area (Å²) in [5.41, 5.74) is -0.709. The summed E-state index contributed by atoms with van der Waals surface area (Å²) in [6, 6.07) is 3.37. The lowest BCUT2D eigenvalue weighted by molar-refractivity contribution is -0.116. The molecule has 2 rings (SSSR count). The van der Waals surface area contributed by atoms with Gasteiger partial charge in [-0.25, -0.2) is 4.79 Å². The molecule has 9 heteroatoms. The average molecular weight is 477 g/mol. The number of aliphatic hydroxyl groups is 2. The number of aromatic nitrogens is 2. The molecule has 1 fully saturated rings. The van der Waals surface area contributed by atoms with E-state index in [1.807, 2.05) is 6.07 Å². The number of hydrogen-bond donors (Lipinski definition) is 3. The van der Waals surface area contributed by atoms with Gasteiger partial charge in [-0.05, 0) is 12.5 Å². The van der Waals surface area contributed by atoms with Gasteiger partial charge in [-0.1, -0.05) is 77.6 Å². The second kappa shape index (κ2) is 15.6. The number of rotatable bonds is 16. The lowest BCUT2D eigenvalue weighted by Crippen LogP contribution is -2.32. The van der Waals surface area contributed by atoms with E-state index < -0.39 is 36.7 Å². The third kappa shape index (κ3) is 8.82. The normalized spacial score (nSPS) is 21.9. The molecular weight excluding hydrogens is 436 g/mol. The first-order valence-electron chi connectivity index (χ1n) is 12.7. The Labute approximate surface area is 202 Å². The molecule has 190 valence electrons. The number of anilines is 1.